The number of aliphatic hydroxyl groups is 2. The molecule has 0 radical (unpaired) electrons. The lowest BCUT2D eigenvalue weighted by Crippen LogP contribution is -1.97. The number of hydrogen-bond donors (Lipinski definition) is 3. The van der Waals surface area contributed by atoms with Crippen molar-refractivity contribution in [3.05, 3.63) is 20.2 Å². The van der Waals surface area contributed by atoms with E-state index in [0.717, 1.165) is 0 Å². The molecule has 0 aromatic heterocycles. The van der Waals surface area contributed by atoms with Gasteiger partial charge in [0.2, 0.25) is 0 Å². The Balaban J connectivity index is -0.000000135. The van der Waals surface area contributed by atoms with Crippen molar-refractivity contribution in [2.45, 2.75) is 6.92 Å². The van der Waals surface area contributed by atoms with E-state index in [4.69, 9.17) is 25.5 Å². The molecular formula is C4H12N2O8. The van der Waals surface area contributed by atoms with Crippen LogP contribution in [0.4, 0.5) is 0 Å². The van der Waals surface area contributed by atoms with Gasteiger partial charge in [-0.15, -0.1) is 20.2 Å². The topological polar surface area (TPSA) is 156 Å². The van der Waals surface area contributed by atoms with Gasteiger partial charge in [0.25, 0.3) is 10.2 Å². The summed E-state index contributed by atoms with van der Waals surface area (Å²) in [6, 6.07) is 0. The second kappa shape index (κ2) is 17.4. The highest BCUT2D eigenvalue weighted by atomic mass is 16.9. The van der Waals surface area contributed by atoms with Gasteiger partial charge in [0.1, 0.15) is 0 Å². The van der Waals surface area contributed by atoms with Gasteiger partial charge in [0.05, 0.1) is 19.8 Å². The first-order valence-corrected chi connectivity index (χ1v) is 3.24. The molecule has 0 saturated carbocycles. The Kier molecular flexibility index (Phi) is 22.6. The van der Waals surface area contributed by atoms with Gasteiger partial charge in [0.15, 0.2) is 0 Å². The van der Waals surface area contributed by atoms with Crippen LogP contribution < -0.4 is 0 Å². The number of hydrogen-bond acceptors (Lipinski definition) is 7. The van der Waals surface area contributed by atoms with E-state index in [2.05, 4.69) is 4.84 Å². The number of aliphatic hydroxyl groups excluding tert-OH is 2. The molecule has 0 heterocycles. The largest absolute Gasteiger partial charge is 0.394 e. The highest BCUT2D eigenvalue weighted by molar-refractivity contribution is 4.06. The van der Waals surface area contributed by atoms with Crippen LogP contribution in [-0.4, -0.2) is 45.4 Å². The maximum Gasteiger partial charge on any atom is 0.294 e. The molecule has 86 valence electrons. The van der Waals surface area contributed by atoms with Crippen LogP contribution in [0.2, 0.25) is 0 Å². The van der Waals surface area contributed by atoms with Crippen LogP contribution in [0.25, 0.3) is 0 Å². The van der Waals surface area contributed by atoms with Crippen LogP contribution >= 0.6 is 0 Å². The summed E-state index contributed by atoms with van der Waals surface area (Å²) >= 11 is 0. The minimum absolute atomic E-state index is 0.125. The quantitative estimate of drug-likeness (QED) is 0.393. The van der Waals surface area contributed by atoms with Crippen LogP contribution in [0.15, 0.2) is 0 Å². The summed E-state index contributed by atoms with van der Waals surface area (Å²) in [7, 11) is 0. The van der Waals surface area contributed by atoms with Crippen molar-refractivity contribution in [2.75, 3.05) is 19.8 Å². The third kappa shape index (κ3) is 167. The van der Waals surface area contributed by atoms with Crippen molar-refractivity contribution >= 4 is 0 Å². The minimum Gasteiger partial charge on any atom is -0.394 e. The standard InChI is InChI=1S/C2H5NO3.C2H6O2.HNO3/c1-2-6-3(4)5;3-1-2-4;2-1(3)4/h2H2,1H3;3-4H,1-2H2;(H,2,3,4). The predicted molar refractivity (Wildman–Crippen MR) is 41.6 cm³/mol. The van der Waals surface area contributed by atoms with Crippen LogP contribution in [0, 0.1) is 20.2 Å². The van der Waals surface area contributed by atoms with Crippen LogP contribution in [0.3, 0.4) is 0 Å². The first kappa shape index (κ1) is 18.2. The molecule has 0 fully saturated rings. The fourth-order valence-electron chi connectivity index (χ4n) is 0.105. The van der Waals surface area contributed by atoms with Gasteiger partial charge in [-0.3, -0.25) is 0 Å². The Bertz CT molecular complexity index is 133. The molecule has 0 spiro atoms. The highest BCUT2D eigenvalue weighted by Gasteiger charge is 1.83. The smallest absolute Gasteiger partial charge is 0.294 e. The molecule has 0 atom stereocenters. The third-order valence-electron chi connectivity index (χ3n) is 0.335. The molecule has 0 bridgehead atoms. The van der Waals surface area contributed by atoms with E-state index in [9.17, 15) is 10.1 Å². The van der Waals surface area contributed by atoms with Gasteiger partial charge >= 0.3 is 0 Å². The van der Waals surface area contributed by atoms with Crippen molar-refractivity contribution in [1.82, 2.24) is 0 Å². The molecular weight excluding hydrogens is 204 g/mol. The van der Waals surface area contributed by atoms with E-state index in [1.54, 1.807) is 6.92 Å². The summed E-state index contributed by atoms with van der Waals surface area (Å²) in [6.07, 6.45) is 0. The van der Waals surface area contributed by atoms with Gasteiger partial charge in [-0.25, -0.2) is 0 Å². The van der Waals surface area contributed by atoms with Gasteiger partial charge in [0, 0.05) is 0 Å². The SMILES string of the molecule is CCO[N+](=O)[O-].O=[N+]([O-])O.OCCO. The second-order valence-electron chi connectivity index (χ2n) is 1.33. The van der Waals surface area contributed by atoms with Crippen LogP contribution in [0.5, 0.6) is 0 Å². The molecule has 0 saturated heterocycles. The molecule has 0 aliphatic heterocycles. The van der Waals surface area contributed by atoms with Crippen LogP contribution in [0.1, 0.15) is 6.92 Å². The van der Waals surface area contributed by atoms with Gasteiger partial charge < -0.3 is 20.3 Å². The Labute approximate surface area is 78.6 Å². The zero-order valence-electron chi connectivity index (χ0n) is 7.40. The van der Waals surface area contributed by atoms with Gasteiger partial charge in [-0.05, 0) is 6.92 Å². The summed E-state index contributed by atoms with van der Waals surface area (Å²) in [5.41, 5.74) is 0. The van der Waals surface area contributed by atoms with Crippen molar-refractivity contribution in [3.63, 3.8) is 0 Å². The highest BCUT2D eigenvalue weighted by Crippen LogP contribution is 1.67. The Morgan fingerprint density at radius 1 is 1.21 bits per heavy atom. The summed E-state index contributed by atoms with van der Waals surface area (Å²) in [4.78, 5) is 21.3. The summed E-state index contributed by atoms with van der Waals surface area (Å²) < 4.78 is 0. The van der Waals surface area contributed by atoms with E-state index in [1.165, 1.54) is 0 Å². The maximum atomic E-state index is 9.18. The molecule has 0 amide bonds. The lowest BCUT2D eigenvalue weighted by molar-refractivity contribution is -0.756. The number of rotatable bonds is 3. The van der Waals surface area contributed by atoms with Gasteiger partial charge in [-0.1, -0.05) is 0 Å². The molecule has 3 N–H and O–H groups in total. The van der Waals surface area contributed by atoms with E-state index in [1.807, 2.05) is 0 Å². The lowest BCUT2D eigenvalue weighted by Gasteiger charge is -1.83. The van der Waals surface area contributed by atoms with E-state index < -0.39 is 10.2 Å². The molecule has 14 heavy (non-hydrogen) atoms. The average Bonchev–Trinajstić information content (AvgIpc) is 2.03. The molecule has 0 aliphatic carbocycles. The van der Waals surface area contributed by atoms with Crippen molar-refractivity contribution in [3.8, 4) is 0 Å². The van der Waals surface area contributed by atoms with E-state index >= 15 is 0 Å². The average molecular weight is 216 g/mol. The lowest BCUT2D eigenvalue weighted by atomic mass is 10.8. The van der Waals surface area contributed by atoms with E-state index in [-0.39, 0.29) is 19.8 Å². The Morgan fingerprint density at radius 2 is 1.50 bits per heavy atom. The van der Waals surface area contributed by atoms with Crippen LogP contribution in [-0.2, 0) is 4.84 Å². The molecule has 0 rings (SSSR count). The summed E-state index contributed by atoms with van der Waals surface area (Å²) in [5.74, 6) is 0. The van der Waals surface area contributed by atoms with Crippen molar-refractivity contribution in [1.29, 1.82) is 0 Å². The molecule has 0 unspecified atom stereocenters. The molecule has 10 nitrogen and oxygen atoms in total. The Morgan fingerprint density at radius 3 is 1.50 bits per heavy atom. The fourth-order valence-corrected chi connectivity index (χ4v) is 0.105. The third-order valence-corrected chi connectivity index (χ3v) is 0.335. The first-order valence-electron chi connectivity index (χ1n) is 3.24. The molecule has 10 heteroatoms. The second-order valence-corrected chi connectivity index (χ2v) is 1.33. The predicted octanol–water partition coefficient (Wildman–Crippen LogP) is -1.16. The zero-order chi connectivity index (χ0) is 12.0. The summed E-state index contributed by atoms with van der Waals surface area (Å²) in [5, 5.41) is 37.3. The molecule has 0 aliphatic rings. The Hall–Kier alpha value is -1.68. The fraction of sp³-hybridized carbons (Fsp3) is 1.00. The monoisotopic (exact) mass is 216 g/mol. The minimum atomic E-state index is -1.50. The normalized spacial score (nSPS) is 7.07. The van der Waals surface area contributed by atoms with Crippen molar-refractivity contribution in [2.24, 2.45) is 0 Å². The number of nitrogens with zero attached hydrogens (tertiary/aromatic N) is 2. The maximum absolute atomic E-state index is 9.18. The van der Waals surface area contributed by atoms with Gasteiger partial charge in [-0.2, -0.15) is 0 Å². The molecule has 0 aromatic carbocycles. The van der Waals surface area contributed by atoms with E-state index in [0.29, 0.717) is 0 Å². The zero-order valence-corrected chi connectivity index (χ0v) is 7.40. The summed E-state index contributed by atoms with van der Waals surface area (Å²) in [6.45, 7) is 1.44. The first-order chi connectivity index (χ1) is 6.42. The van der Waals surface area contributed by atoms with Crippen molar-refractivity contribution < 1.29 is 30.4 Å². The molecule has 0 aromatic rings.